The molecule has 2 aliphatic rings. The molecule has 1 aromatic carbocycles. The Hall–Kier alpha value is -4.34. The van der Waals surface area contributed by atoms with E-state index in [0.717, 1.165) is 42.6 Å². The van der Waals surface area contributed by atoms with Crippen LogP contribution in [0.25, 0.3) is 0 Å². The van der Waals surface area contributed by atoms with E-state index in [2.05, 4.69) is 33.5 Å². The molecule has 0 unspecified atom stereocenters. The third kappa shape index (κ3) is 7.25. The van der Waals surface area contributed by atoms with E-state index in [1.807, 2.05) is 18.1 Å². The molecule has 1 aromatic heterocycles. The molecule has 3 N–H and O–H groups in total. The Balaban J connectivity index is 1.68. The van der Waals surface area contributed by atoms with Crippen LogP contribution in [0.15, 0.2) is 76.8 Å². The van der Waals surface area contributed by atoms with Crippen LogP contribution in [0.1, 0.15) is 49.7 Å². The number of carbonyl (C=O) groups excluding carboxylic acids is 1. The maximum absolute atomic E-state index is 14.2. The van der Waals surface area contributed by atoms with Crippen LogP contribution >= 0.6 is 0 Å². The van der Waals surface area contributed by atoms with Gasteiger partial charge in [0.15, 0.2) is 0 Å². The van der Waals surface area contributed by atoms with Gasteiger partial charge >= 0.3 is 0 Å². The molecule has 4 rings (SSSR count). The van der Waals surface area contributed by atoms with Crippen molar-refractivity contribution >= 4 is 29.8 Å². The quantitative estimate of drug-likeness (QED) is 0.234. The zero-order valence-electron chi connectivity index (χ0n) is 23.6. The molecule has 0 spiro atoms. The summed E-state index contributed by atoms with van der Waals surface area (Å²) in [6, 6.07) is 3.80. The maximum atomic E-state index is 14.2. The molecule has 2 heterocycles. The molecule has 0 bridgehead atoms. The molecule has 1 saturated carbocycles. The molecule has 1 saturated heterocycles. The number of benzene rings is 1. The number of amidine groups is 1. The summed E-state index contributed by atoms with van der Waals surface area (Å²) in [5.41, 5.74) is 9.05. The molecule has 8 nitrogen and oxygen atoms in total. The van der Waals surface area contributed by atoms with Crippen LogP contribution in [0.4, 0.5) is 20.2 Å². The number of para-hydroxylation sites is 1. The maximum Gasteiger partial charge on any atom is 0.219 e. The van der Waals surface area contributed by atoms with Gasteiger partial charge in [-0.3, -0.25) is 19.8 Å². The van der Waals surface area contributed by atoms with Gasteiger partial charge in [-0.25, -0.2) is 8.78 Å². The Labute approximate surface area is 240 Å². The van der Waals surface area contributed by atoms with Gasteiger partial charge in [-0.05, 0) is 79.9 Å². The first-order valence-electron chi connectivity index (χ1n) is 13.7. The molecule has 2 fully saturated rings. The fourth-order valence-electron chi connectivity index (χ4n) is 5.11. The van der Waals surface area contributed by atoms with Crippen molar-refractivity contribution in [3.05, 3.63) is 89.6 Å². The number of rotatable bonds is 10. The fraction of sp³-hybridized carbons (Fsp3) is 0.355. The predicted octanol–water partition coefficient (Wildman–Crippen LogP) is 5.28. The molecule has 41 heavy (non-hydrogen) atoms. The average Bonchev–Trinajstić information content (AvgIpc) is 3.81. The van der Waals surface area contributed by atoms with Gasteiger partial charge in [0.2, 0.25) is 5.91 Å². The van der Waals surface area contributed by atoms with Crippen molar-refractivity contribution in [2.75, 3.05) is 32.0 Å². The van der Waals surface area contributed by atoms with Gasteiger partial charge in [-0.1, -0.05) is 12.6 Å². The molecule has 1 aliphatic carbocycles. The number of hydrogen-bond donors (Lipinski definition) is 2. The van der Waals surface area contributed by atoms with Crippen LogP contribution in [-0.2, 0) is 4.79 Å². The number of amides is 1. The summed E-state index contributed by atoms with van der Waals surface area (Å²) in [4.78, 5) is 29.7. The Morgan fingerprint density at radius 3 is 2.49 bits per heavy atom. The lowest BCUT2D eigenvalue weighted by Gasteiger charge is -2.38. The van der Waals surface area contributed by atoms with Crippen molar-refractivity contribution in [1.82, 2.24) is 14.8 Å². The predicted molar refractivity (Wildman–Crippen MR) is 160 cm³/mol. The van der Waals surface area contributed by atoms with E-state index in [0.29, 0.717) is 30.3 Å². The van der Waals surface area contributed by atoms with Gasteiger partial charge in [0.1, 0.15) is 23.2 Å². The average molecular weight is 562 g/mol. The number of halogens is 2. The second-order valence-electron chi connectivity index (χ2n) is 10.4. The second kappa shape index (κ2) is 13.3. The van der Waals surface area contributed by atoms with Crippen LogP contribution in [0.5, 0.6) is 0 Å². The number of anilines is 1. The van der Waals surface area contributed by atoms with Crippen molar-refractivity contribution < 1.29 is 13.6 Å². The fourth-order valence-corrected chi connectivity index (χ4v) is 5.11. The van der Waals surface area contributed by atoms with Gasteiger partial charge in [0.25, 0.3) is 0 Å². The largest absolute Gasteiger partial charge is 0.405 e. The van der Waals surface area contributed by atoms with Crippen LogP contribution < -0.4 is 11.1 Å². The van der Waals surface area contributed by atoms with E-state index in [1.54, 1.807) is 25.3 Å². The van der Waals surface area contributed by atoms with E-state index in [4.69, 9.17) is 10.7 Å². The molecule has 216 valence electrons. The lowest BCUT2D eigenvalue weighted by atomic mass is 9.99. The van der Waals surface area contributed by atoms with Crippen LogP contribution in [0.2, 0.25) is 0 Å². The number of aliphatic imine (C=N–C) groups is 2. The smallest absolute Gasteiger partial charge is 0.219 e. The topological polar surface area (TPSA) is 99.2 Å². The molecule has 1 aliphatic heterocycles. The molecular weight excluding hydrogens is 524 g/mol. The number of aromatic nitrogens is 1. The summed E-state index contributed by atoms with van der Waals surface area (Å²) >= 11 is 0. The van der Waals surface area contributed by atoms with Gasteiger partial charge in [0, 0.05) is 50.6 Å². The Bertz CT molecular complexity index is 1370. The number of pyridine rings is 1. The minimum atomic E-state index is -0.719. The normalized spacial score (nSPS) is 16.6. The van der Waals surface area contributed by atoms with Crippen molar-refractivity contribution in [2.45, 2.75) is 44.6 Å². The lowest BCUT2D eigenvalue weighted by molar-refractivity contribution is -0.130. The van der Waals surface area contributed by atoms with Gasteiger partial charge in [-0.15, -0.1) is 0 Å². The highest BCUT2D eigenvalue weighted by molar-refractivity contribution is 6.04. The highest BCUT2D eigenvalue weighted by Gasteiger charge is 2.33. The third-order valence-electron chi connectivity index (χ3n) is 7.49. The number of carbonyl (C=O) groups is 1. The minimum Gasteiger partial charge on any atom is -0.405 e. The lowest BCUT2D eigenvalue weighted by Crippen LogP contribution is -2.47. The number of nitrogens with two attached hydrogens (primary N) is 1. The van der Waals surface area contributed by atoms with E-state index in [1.165, 1.54) is 24.4 Å². The summed E-state index contributed by atoms with van der Waals surface area (Å²) < 4.78 is 28.4. The SMILES string of the molecule is C=Nc1cncc(C2CC2)c1/C(=N\CC(/C=C\N)=C/C(=C)Nc1c(F)cccc1F)N(C)C1CCN(C(C)=O)CC1. The molecule has 0 radical (unpaired) electrons. The van der Waals surface area contributed by atoms with Gasteiger partial charge in [0.05, 0.1) is 18.4 Å². The Morgan fingerprint density at radius 1 is 1.22 bits per heavy atom. The number of nitrogens with zero attached hydrogens (tertiary/aromatic N) is 5. The Kier molecular flexibility index (Phi) is 9.65. The minimum absolute atomic E-state index is 0.0794. The number of allylic oxidation sites excluding steroid dienone is 1. The zero-order chi connectivity index (χ0) is 29.5. The highest BCUT2D eigenvalue weighted by atomic mass is 19.1. The summed E-state index contributed by atoms with van der Waals surface area (Å²) in [6.45, 7) is 10.9. The molecule has 1 amide bonds. The second-order valence-corrected chi connectivity index (χ2v) is 10.4. The van der Waals surface area contributed by atoms with Crippen molar-refractivity contribution in [3.63, 3.8) is 0 Å². The monoisotopic (exact) mass is 561 g/mol. The van der Waals surface area contributed by atoms with Crippen LogP contribution in [-0.4, -0.2) is 66.0 Å². The summed E-state index contributed by atoms with van der Waals surface area (Å²) in [6.07, 6.45) is 12.0. The van der Waals surface area contributed by atoms with E-state index in [-0.39, 0.29) is 29.9 Å². The molecule has 0 atom stereocenters. The summed E-state index contributed by atoms with van der Waals surface area (Å²) in [5.74, 6) is -0.231. The first-order chi connectivity index (χ1) is 19.7. The number of hydrogen-bond acceptors (Lipinski definition) is 6. The first kappa shape index (κ1) is 29.6. The van der Waals surface area contributed by atoms with E-state index in [9.17, 15) is 13.6 Å². The Morgan fingerprint density at radius 2 is 1.90 bits per heavy atom. The molecular formula is C31H37F2N7O. The molecule has 10 heteroatoms. The summed E-state index contributed by atoms with van der Waals surface area (Å²) in [7, 11) is 2.01. The molecule has 2 aromatic rings. The number of piperidine rings is 1. The zero-order valence-corrected chi connectivity index (χ0v) is 23.6. The van der Waals surface area contributed by atoms with Gasteiger partial charge in [-0.2, -0.15) is 0 Å². The highest BCUT2D eigenvalue weighted by Crippen LogP contribution is 2.44. The van der Waals surface area contributed by atoms with Crippen molar-refractivity contribution in [3.8, 4) is 0 Å². The van der Waals surface area contributed by atoms with Crippen molar-refractivity contribution in [1.29, 1.82) is 0 Å². The van der Waals surface area contributed by atoms with Gasteiger partial charge < -0.3 is 20.9 Å². The number of likely N-dealkylation sites (tertiary alicyclic amines) is 1. The van der Waals surface area contributed by atoms with Crippen molar-refractivity contribution in [2.24, 2.45) is 15.7 Å². The number of nitrogens with one attached hydrogen (secondary N) is 1. The third-order valence-corrected chi connectivity index (χ3v) is 7.49. The van der Waals surface area contributed by atoms with E-state index >= 15 is 0 Å². The first-order valence-corrected chi connectivity index (χ1v) is 13.7. The standard InChI is InChI=1S/C31H37F2N7O/c1-20(38-30-26(32)6-5-7-27(30)33)16-22(10-13-34)17-37-31(39(4)24-11-14-40(15-12-24)21(2)41)29-25(23-8-9-23)18-36-19-28(29)35-3/h5-7,10,13,16,18-19,23-24,38H,1,3,8-9,11-12,14-15,17,34H2,2,4H3/b13-10-,22-16+,37-31+. The van der Waals surface area contributed by atoms with E-state index < -0.39 is 11.6 Å². The summed E-state index contributed by atoms with van der Waals surface area (Å²) in [5, 5.41) is 2.71. The van der Waals surface area contributed by atoms with Crippen LogP contribution in [0, 0.1) is 11.6 Å². The van der Waals surface area contributed by atoms with Crippen LogP contribution in [0.3, 0.4) is 0 Å².